The Morgan fingerprint density at radius 1 is 1.13 bits per heavy atom. The minimum absolute atomic E-state index is 0.00255. The molecule has 0 fully saturated rings. The number of nitrogens with two attached hydrogens (primary N) is 1. The molecule has 0 saturated carbocycles. The predicted octanol–water partition coefficient (Wildman–Crippen LogP) is 2.28. The number of esters is 1. The molecule has 0 bridgehead atoms. The quantitative estimate of drug-likeness (QED) is 0.245. The van der Waals surface area contributed by atoms with Crippen molar-refractivity contribution < 1.29 is 33.4 Å². The molecule has 4 amide bonds. The number of nitrogens with zero attached hydrogens (tertiary/aromatic N) is 1. The first-order valence-corrected chi connectivity index (χ1v) is 12.5. The Morgan fingerprint density at radius 2 is 1.79 bits per heavy atom. The number of carbonyl (C=O) groups excluding carboxylic acids is 5. The average Bonchev–Trinajstić information content (AvgIpc) is 2.81. The van der Waals surface area contributed by atoms with Crippen LogP contribution in [-0.2, 0) is 28.7 Å². The summed E-state index contributed by atoms with van der Waals surface area (Å²) in [5.74, 6) is -2.29. The molecule has 1 rings (SSSR count). The lowest BCUT2D eigenvalue weighted by Gasteiger charge is -2.34. The molecule has 0 aliphatic rings. The molecule has 0 saturated heterocycles. The van der Waals surface area contributed by atoms with Crippen LogP contribution in [0.25, 0.3) is 0 Å². The van der Waals surface area contributed by atoms with Crippen molar-refractivity contribution in [3.63, 3.8) is 0 Å². The molecule has 11 heteroatoms. The Balaban J connectivity index is 3.39. The Hall–Kier alpha value is -3.89. The number of aryl methyl sites for hydroxylation is 1. The van der Waals surface area contributed by atoms with Crippen molar-refractivity contribution in [3.8, 4) is 0 Å². The van der Waals surface area contributed by atoms with Gasteiger partial charge in [0.05, 0.1) is 13.0 Å². The molecule has 0 radical (unpaired) electrons. The highest BCUT2D eigenvalue weighted by Crippen LogP contribution is 2.26. The lowest BCUT2D eigenvalue weighted by Crippen LogP contribution is -2.53. The van der Waals surface area contributed by atoms with Crippen LogP contribution in [0, 0.1) is 6.92 Å². The van der Waals surface area contributed by atoms with Crippen LogP contribution in [0.1, 0.15) is 64.1 Å². The number of benzene rings is 1. The maximum absolute atomic E-state index is 13.8. The van der Waals surface area contributed by atoms with Gasteiger partial charge in [-0.05, 0) is 52.2 Å². The zero-order chi connectivity index (χ0) is 28.9. The molecule has 0 heterocycles. The van der Waals surface area contributed by atoms with Crippen LogP contribution in [0.2, 0.25) is 0 Å². The summed E-state index contributed by atoms with van der Waals surface area (Å²) < 4.78 is 10.2. The van der Waals surface area contributed by atoms with E-state index in [1.54, 1.807) is 58.9 Å². The molecule has 38 heavy (non-hydrogen) atoms. The molecule has 0 aromatic heterocycles. The Labute approximate surface area is 224 Å². The number of nitrogens with one attached hydrogen (secondary N) is 2. The van der Waals surface area contributed by atoms with Gasteiger partial charge in [-0.15, -0.1) is 6.58 Å². The third-order valence-corrected chi connectivity index (χ3v) is 5.25. The normalized spacial score (nSPS) is 12.4. The van der Waals surface area contributed by atoms with E-state index >= 15 is 0 Å². The lowest BCUT2D eigenvalue weighted by atomic mass is 9.97. The fourth-order valence-electron chi connectivity index (χ4n) is 3.62. The van der Waals surface area contributed by atoms with E-state index in [4.69, 9.17) is 15.2 Å². The summed E-state index contributed by atoms with van der Waals surface area (Å²) in [6, 6.07) is 4.72. The molecule has 0 aliphatic heterocycles. The van der Waals surface area contributed by atoms with E-state index in [9.17, 15) is 24.0 Å². The van der Waals surface area contributed by atoms with Crippen LogP contribution >= 0.6 is 0 Å². The topological polar surface area (TPSA) is 157 Å². The van der Waals surface area contributed by atoms with Gasteiger partial charge in [-0.1, -0.05) is 30.3 Å². The van der Waals surface area contributed by atoms with Gasteiger partial charge in [-0.3, -0.25) is 19.2 Å². The van der Waals surface area contributed by atoms with Gasteiger partial charge in [0, 0.05) is 19.5 Å². The van der Waals surface area contributed by atoms with E-state index in [0.29, 0.717) is 5.56 Å². The molecule has 1 aromatic rings. The largest absolute Gasteiger partial charge is 0.466 e. The zero-order valence-corrected chi connectivity index (χ0v) is 22.9. The van der Waals surface area contributed by atoms with Crippen LogP contribution < -0.4 is 16.4 Å². The first kappa shape index (κ1) is 32.1. The minimum Gasteiger partial charge on any atom is -0.466 e. The second-order valence-corrected chi connectivity index (χ2v) is 9.59. The van der Waals surface area contributed by atoms with Crippen molar-refractivity contribution in [2.75, 3.05) is 19.7 Å². The summed E-state index contributed by atoms with van der Waals surface area (Å²) in [6.07, 6.45) is 0.260. The number of carbonyl (C=O) groups is 5. The maximum atomic E-state index is 13.8. The second kappa shape index (κ2) is 15.4. The van der Waals surface area contributed by atoms with Gasteiger partial charge in [0.25, 0.3) is 0 Å². The van der Waals surface area contributed by atoms with Crippen molar-refractivity contribution in [1.29, 1.82) is 0 Å². The maximum Gasteiger partial charge on any atom is 0.408 e. The first-order valence-electron chi connectivity index (χ1n) is 12.5. The number of hydrogen-bond acceptors (Lipinski definition) is 7. The highest BCUT2D eigenvalue weighted by molar-refractivity contribution is 5.93. The number of alkyl carbamates (subject to hydrolysis) is 1. The summed E-state index contributed by atoms with van der Waals surface area (Å²) in [7, 11) is 0. The van der Waals surface area contributed by atoms with Gasteiger partial charge < -0.3 is 30.7 Å². The van der Waals surface area contributed by atoms with E-state index in [1.165, 1.54) is 11.0 Å². The molecular weight excluding hydrogens is 492 g/mol. The van der Waals surface area contributed by atoms with Gasteiger partial charge in [0.1, 0.15) is 17.7 Å². The van der Waals surface area contributed by atoms with Crippen LogP contribution in [-0.4, -0.2) is 66.0 Å². The van der Waals surface area contributed by atoms with E-state index in [2.05, 4.69) is 17.2 Å². The molecular formula is C27H40N4O7. The molecule has 0 aliphatic carbocycles. The average molecular weight is 533 g/mol. The van der Waals surface area contributed by atoms with Crippen LogP contribution in [0.5, 0.6) is 0 Å². The van der Waals surface area contributed by atoms with Crippen molar-refractivity contribution in [3.05, 3.63) is 48.0 Å². The fraction of sp³-hybridized carbons (Fsp3) is 0.519. The van der Waals surface area contributed by atoms with E-state index in [0.717, 1.165) is 5.56 Å². The van der Waals surface area contributed by atoms with Gasteiger partial charge in [0.2, 0.25) is 17.7 Å². The molecule has 11 nitrogen and oxygen atoms in total. The second-order valence-electron chi connectivity index (χ2n) is 9.59. The van der Waals surface area contributed by atoms with Crippen molar-refractivity contribution in [1.82, 2.24) is 15.5 Å². The first-order chi connectivity index (χ1) is 17.8. The predicted molar refractivity (Wildman–Crippen MR) is 142 cm³/mol. The SMILES string of the molecule is C=CCN(C(=O)C(CCC(N)=O)NC(=O)OC(C)(C)C)C(C(=O)NCCC(=O)OCC)c1ccccc1C. The number of ether oxygens (including phenoxy) is 2. The molecule has 210 valence electrons. The highest BCUT2D eigenvalue weighted by Gasteiger charge is 2.36. The summed E-state index contributed by atoms with van der Waals surface area (Å²) in [5.41, 5.74) is 5.76. The molecule has 2 atom stereocenters. The summed E-state index contributed by atoms with van der Waals surface area (Å²) in [5, 5.41) is 5.21. The lowest BCUT2D eigenvalue weighted by molar-refractivity contribution is -0.144. The van der Waals surface area contributed by atoms with E-state index < -0.39 is 47.5 Å². The van der Waals surface area contributed by atoms with Crippen molar-refractivity contribution >= 4 is 29.8 Å². The fourth-order valence-corrected chi connectivity index (χ4v) is 3.62. The monoisotopic (exact) mass is 532 g/mol. The summed E-state index contributed by atoms with van der Waals surface area (Å²) in [4.78, 5) is 64.3. The van der Waals surface area contributed by atoms with Crippen molar-refractivity contribution in [2.24, 2.45) is 5.73 Å². The van der Waals surface area contributed by atoms with Gasteiger partial charge >= 0.3 is 12.1 Å². The van der Waals surface area contributed by atoms with Gasteiger partial charge in [-0.25, -0.2) is 4.79 Å². The van der Waals surface area contributed by atoms with Gasteiger partial charge in [0.15, 0.2) is 0 Å². The molecule has 0 spiro atoms. The third-order valence-electron chi connectivity index (χ3n) is 5.25. The summed E-state index contributed by atoms with van der Waals surface area (Å²) in [6.45, 7) is 12.4. The highest BCUT2D eigenvalue weighted by atomic mass is 16.6. The summed E-state index contributed by atoms with van der Waals surface area (Å²) >= 11 is 0. The van der Waals surface area contributed by atoms with Crippen LogP contribution in [0.3, 0.4) is 0 Å². The van der Waals surface area contributed by atoms with Crippen LogP contribution in [0.15, 0.2) is 36.9 Å². The Kier molecular flexibility index (Phi) is 13.0. The van der Waals surface area contributed by atoms with E-state index in [-0.39, 0.29) is 39.0 Å². The van der Waals surface area contributed by atoms with E-state index in [1.807, 2.05) is 0 Å². The van der Waals surface area contributed by atoms with Gasteiger partial charge in [-0.2, -0.15) is 0 Å². The number of rotatable bonds is 14. The molecule has 4 N–H and O–H groups in total. The van der Waals surface area contributed by atoms with Crippen molar-refractivity contribution in [2.45, 2.75) is 71.6 Å². The molecule has 2 unspecified atom stereocenters. The number of hydrogen-bond donors (Lipinski definition) is 3. The Morgan fingerprint density at radius 3 is 2.34 bits per heavy atom. The smallest absolute Gasteiger partial charge is 0.408 e. The van der Waals surface area contributed by atoms with Crippen LogP contribution in [0.4, 0.5) is 4.79 Å². The third kappa shape index (κ3) is 11.0. The zero-order valence-electron chi connectivity index (χ0n) is 22.9. The standard InChI is InChI=1S/C27H40N4O7/c1-7-17-31(25(35)20(13-14-21(28)32)30-26(36)38-27(4,5)6)23(19-12-10-9-11-18(19)3)24(34)29-16-15-22(33)37-8-2/h7,9-12,20,23H,1,8,13-17H2,2-6H3,(H2,28,32)(H,29,34)(H,30,36). The Bertz CT molecular complexity index is 1000. The number of primary amides is 1. The minimum atomic E-state index is -1.21. The number of amides is 4. The molecule has 1 aromatic carbocycles.